The minimum Gasteiger partial charge on any atom is -0.324 e. The van der Waals surface area contributed by atoms with Gasteiger partial charge in [-0.25, -0.2) is 14.3 Å². The fourth-order valence-corrected chi connectivity index (χ4v) is 5.40. The maximum atomic E-state index is 13.2. The van der Waals surface area contributed by atoms with Crippen LogP contribution in [-0.4, -0.2) is 25.9 Å². The van der Waals surface area contributed by atoms with Crippen LogP contribution in [0.4, 0.5) is 11.6 Å². The molecule has 8 nitrogen and oxygen atoms in total. The molecule has 1 aliphatic heterocycles. The van der Waals surface area contributed by atoms with E-state index in [9.17, 15) is 10.1 Å². The summed E-state index contributed by atoms with van der Waals surface area (Å²) in [5, 5.41) is 17.5. The zero-order chi connectivity index (χ0) is 26.5. The van der Waals surface area contributed by atoms with Crippen molar-refractivity contribution < 1.29 is 0 Å². The Morgan fingerprint density at radius 3 is 2.76 bits per heavy atom. The molecule has 0 unspecified atom stereocenters. The highest BCUT2D eigenvalue weighted by molar-refractivity contribution is 6.31. The molecule has 0 amide bonds. The first-order valence-electron chi connectivity index (χ1n) is 12.4. The van der Waals surface area contributed by atoms with Crippen LogP contribution in [0, 0.1) is 11.3 Å². The van der Waals surface area contributed by atoms with Crippen molar-refractivity contribution in [1.29, 1.82) is 5.26 Å². The summed E-state index contributed by atoms with van der Waals surface area (Å²) in [4.78, 5) is 22.4. The molecule has 9 heteroatoms. The third-order valence-electron chi connectivity index (χ3n) is 7.12. The van der Waals surface area contributed by atoms with Gasteiger partial charge in [0.1, 0.15) is 5.39 Å². The second kappa shape index (κ2) is 9.02. The topological polar surface area (TPSA) is 101 Å². The van der Waals surface area contributed by atoms with Crippen LogP contribution in [0.2, 0.25) is 5.02 Å². The van der Waals surface area contributed by atoms with E-state index in [4.69, 9.17) is 16.6 Å². The monoisotopic (exact) mass is 515 g/mol. The van der Waals surface area contributed by atoms with Crippen molar-refractivity contribution in [3.05, 3.63) is 74.7 Å². The normalized spacial score (nSPS) is 14.8. The molecule has 4 aromatic rings. The van der Waals surface area contributed by atoms with Gasteiger partial charge in [-0.1, -0.05) is 17.7 Å². The number of anilines is 2. The third-order valence-corrected chi connectivity index (χ3v) is 7.45. The lowest BCUT2D eigenvalue weighted by molar-refractivity contribution is 0.382. The number of halogens is 1. The Labute approximate surface area is 220 Å². The van der Waals surface area contributed by atoms with Gasteiger partial charge in [0.05, 0.1) is 17.2 Å². The van der Waals surface area contributed by atoms with Gasteiger partial charge in [0.25, 0.3) is 5.56 Å². The smallest absolute Gasteiger partial charge is 0.278 e. The summed E-state index contributed by atoms with van der Waals surface area (Å²) in [7, 11) is 0. The summed E-state index contributed by atoms with van der Waals surface area (Å²) in [5.74, 6) is 0.397. The van der Waals surface area contributed by atoms with Crippen molar-refractivity contribution in [2.45, 2.75) is 58.5 Å². The summed E-state index contributed by atoms with van der Waals surface area (Å²) < 4.78 is 3.39. The molecule has 0 fully saturated rings. The molecule has 2 N–H and O–H groups in total. The minimum absolute atomic E-state index is 0.0712. The van der Waals surface area contributed by atoms with Gasteiger partial charge in [-0.2, -0.15) is 10.2 Å². The molecule has 0 saturated carbocycles. The van der Waals surface area contributed by atoms with Crippen LogP contribution in [0.1, 0.15) is 51.3 Å². The number of nitrogens with zero attached hydrogens (tertiary/aromatic N) is 5. The van der Waals surface area contributed by atoms with Crippen molar-refractivity contribution in [1.82, 2.24) is 24.6 Å². The first-order chi connectivity index (χ1) is 17.6. The Morgan fingerprint density at radius 1 is 1.24 bits per heavy atom. The molecule has 3 heterocycles. The Kier molecular flexibility index (Phi) is 6.09. The molecule has 190 valence electrons. The van der Waals surface area contributed by atoms with Crippen LogP contribution in [-0.2, 0) is 23.9 Å². The zero-order valence-corrected chi connectivity index (χ0v) is 22.4. The van der Waals surface area contributed by atoms with Crippen LogP contribution in [0.5, 0.6) is 0 Å². The summed E-state index contributed by atoms with van der Waals surface area (Å²) in [6.07, 6.45) is 2.52. The van der Waals surface area contributed by atoms with Crippen LogP contribution in [0.25, 0.3) is 16.7 Å². The Bertz CT molecular complexity index is 1620. The summed E-state index contributed by atoms with van der Waals surface area (Å²) in [6, 6.07) is 14.1. The lowest BCUT2D eigenvalue weighted by atomic mass is 9.85. The van der Waals surface area contributed by atoms with E-state index in [1.807, 2.05) is 39.0 Å². The van der Waals surface area contributed by atoms with E-state index in [1.54, 1.807) is 21.6 Å². The summed E-state index contributed by atoms with van der Waals surface area (Å²) >= 11 is 6.46. The van der Waals surface area contributed by atoms with Gasteiger partial charge in [0, 0.05) is 29.0 Å². The Hall–Kier alpha value is -3.67. The highest BCUT2D eigenvalue weighted by Crippen LogP contribution is 2.33. The molecule has 0 spiro atoms. The number of aromatic nitrogens is 4. The van der Waals surface area contributed by atoms with Gasteiger partial charge in [0.2, 0.25) is 5.95 Å². The minimum atomic E-state index is -0.800. The van der Waals surface area contributed by atoms with Crippen LogP contribution in [0.15, 0.2) is 47.4 Å². The van der Waals surface area contributed by atoms with Crippen molar-refractivity contribution in [3.8, 4) is 11.8 Å². The predicted molar refractivity (Wildman–Crippen MR) is 147 cm³/mol. The van der Waals surface area contributed by atoms with Gasteiger partial charge in [0.15, 0.2) is 5.65 Å². The summed E-state index contributed by atoms with van der Waals surface area (Å²) in [5.41, 5.74) is 4.29. The quantitative estimate of drug-likeness (QED) is 0.380. The highest BCUT2D eigenvalue weighted by Gasteiger charge is 2.27. The number of benzene rings is 2. The lowest BCUT2D eigenvalue weighted by Gasteiger charge is -2.34. The van der Waals surface area contributed by atoms with E-state index in [1.165, 1.54) is 11.1 Å². The van der Waals surface area contributed by atoms with Crippen LogP contribution < -0.4 is 16.2 Å². The number of nitrogens with one attached hydrogen (secondary N) is 2. The zero-order valence-electron chi connectivity index (χ0n) is 21.7. The second-order valence-electron chi connectivity index (χ2n) is 10.5. The van der Waals surface area contributed by atoms with E-state index < -0.39 is 5.41 Å². The van der Waals surface area contributed by atoms with Crippen molar-refractivity contribution in [3.63, 3.8) is 0 Å². The van der Waals surface area contributed by atoms with Gasteiger partial charge >= 0.3 is 0 Å². The molecule has 0 aliphatic carbocycles. The fourth-order valence-electron chi connectivity index (χ4n) is 5.04. The first-order valence-corrected chi connectivity index (χ1v) is 12.8. The third kappa shape index (κ3) is 4.28. The first kappa shape index (κ1) is 25.0. The molecular formula is C28H30ClN7O. The van der Waals surface area contributed by atoms with E-state index in [0.29, 0.717) is 39.8 Å². The lowest BCUT2D eigenvalue weighted by Crippen LogP contribution is -2.42. The van der Waals surface area contributed by atoms with Crippen molar-refractivity contribution >= 4 is 34.3 Å². The molecular weight excluding hydrogens is 486 g/mol. The molecule has 0 bridgehead atoms. The number of hydrogen-bond donors (Lipinski definition) is 2. The van der Waals surface area contributed by atoms with E-state index in [-0.39, 0.29) is 11.1 Å². The SMILES string of the molecule is CCn1c(=O)c2cnc(Nc3ccc4c(c3)CCNC4(C)C)nc2n1-c1ccc(Cl)c(C(C)(C)C#N)c1. The molecule has 5 rings (SSSR count). The van der Waals surface area contributed by atoms with Gasteiger partial charge in [-0.3, -0.25) is 4.79 Å². The maximum absolute atomic E-state index is 13.2. The van der Waals surface area contributed by atoms with Crippen molar-refractivity contribution in [2.24, 2.45) is 0 Å². The average Bonchev–Trinajstić information content (AvgIpc) is 3.14. The van der Waals surface area contributed by atoms with E-state index >= 15 is 0 Å². The molecule has 1 aliphatic rings. The standard InChI is InChI=1S/C28H30ClN7O/c1-6-35-25(37)20-15-31-26(33-18-7-9-21-17(13-18)11-12-32-28(21,4)5)34-24(20)36(35)19-8-10-23(29)22(14-19)27(2,3)16-30/h7-10,13-15,32H,6,11-12H2,1-5H3,(H,31,33,34). The predicted octanol–water partition coefficient (Wildman–Crippen LogP) is 5.18. The average molecular weight is 516 g/mol. The van der Waals surface area contributed by atoms with E-state index in [2.05, 4.69) is 47.7 Å². The largest absolute Gasteiger partial charge is 0.324 e. The Balaban J connectivity index is 1.61. The molecule has 0 atom stereocenters. The highest BCUT2D eigenvalue weighted by atomic mass is 35.5. The van der Waals surface area contributed by atoms with Crippen LogP contribution >= 0.6 is 11.6 Å². The number of rotatable bonds is 5. The van der Waals surface area contributed by atoms with Gasteiger partial charge < -0.3 is 10.6 Å². The molecule has 0 saturated heterocycles. The number of fused-ring (bicyclic) bond motifs is 2. The Morgan fingerprint density at radius 2 is 2.03 bits per heavy atom. The number of hydrogen-bond acceptors (Lipinski definition) is 6. The van der Waals surface area contributed by atoms with Gasteiger partial charge in [-0.15, -0.1) is 0 Å². The molecule has 0 radical (unpaired) electrons. The fraction of sp³-hybridized carbons (Fsp3) is 0.357. The maximum Gasteiger partial charge on any atom is 0.278 e. The van der Waals surface area contributed by atoms with Crippen LogP contribution in [0.3, 0.4) is 0 Å². The number of nitriles is 1. The van der Waals surface area contributed by atoms with Crippen molar-refractivity contribution in [2.75, 3.05) is 11.9 Å². The molecule has 2 aromatic carbocycles. The molecule has 2 aromatic heterocycles. The van der Waals surface area contributed by atoms with Gasteiger partial charge in [-0.05, 0) is 94.6 Å². The van der Waals surface area contributed by atoms with E-state index in [0.717, 1.165) is 18.7 Å². The molecule has 37 heavy (non-hydrogen) atoms. The second-order valence-corrected chi connectivity index (χ2v) is 10.9. The summed E-state index contributed by atoms with van der Waals surface area (Å²) in [6.45, 7) is 11.3.